The third-order valence-electron chi connectivity index (χ3n) is 1.86. The summed E-state index contributed by atoms with van der Waals surface area (Å²) in [6.07, 6.45) is 0. The Labute approximate surface area is 84.4 Å². The predicted molar refractivity (Wildman–Crippen MR) is 52.8 cm³/mol. The van der Waals surface area contributed by atoms with Gasteiger partial charge in [-0.05, 0) is 29.8 Å². The summed E-state index contributed by atoms with van der Waals surface area (Å²) in [6.45, 7) is 3.81. The van der Waals surface area contributed by atoms with Crippen molar-refractivity contribution >= 4 is 15.9 Å². The molecule has 0 aromatic carbocycles. The Morgan fingerprint density at radius 2 is 2.15 bits per heavy atom. The summed E-state index contributed by atoms with van der Waals surface area (Å²) in [5.74, 6) is 0. The van der Waals surface area contributed by atoms with Crippen molar-refractivity contribution in [1.29, 1.82) is 0 Å². The highest BCUT2D eigenvalue weighted by molar-refractivity contribution is 9.10. The average Bonchev–Trinajstić information content (AvgIpc) is 2.09. The maximum atomic E-state index is 11.3. The molecule has 0 unspecified atom stereocenters. The van der Waals surface area contributed by atoms with Gasteiger partial charge in [0.2, 0.25) is 0 Å². The Morgan fingerprint density at radius 3 is 2.69 bits per heavy atom. The summed E-state index contributed by atoms with van der Waals surface area (Å²) in [5.41, 5.74) is 1.16. The Bertz CT molecular complexity index is 373. The molecular weight excluding hydrogens is 236 g/mol. The first-order chi connectivity index (χ1) is 6.07. The van der Waals surface area contributed by atoms with Crippen molar-refractivity contribution in [1.82, 2.24) is 9.55 Å². The fraction of sp³-hybridized carbons (Fsp3) is 0.500. The van der Waals surface area contributed by atoms with Crippen LogP contribution in [0.3, 0.4) is 0 Å². The molecule has 1 aromatic rings. The van der Waals surface area contributed by atoms with Gasteiger partial charge in [0.15, 0.2) is 0 Å². The highest BCUT2D eigenvalue weighted by Gasteiger charge is 2.07. The van der Waals surface area contributed by atoms with Crippen molar-refractivity contribution in [2.75, 3.05) is 6.61 Å². The number of aliphatic hydroxyl groups excluding tert-OH is 1. The van der Waals surface area contributed by atoms with E-state index in [0.717, 1.165) is 10.2 Å². The highest BCUT2D eigenvalue weighted by Crippen LogP contribution is 2.16. The van der Waals surface area contributed by atoms with E-state index in [0.29, 0.717) is 5.69 Å². The summed E-state index contributed by atoms with van der Waals surface area (Å²) in [5, 5.41) is 8.73. The number of aryl methyl sites for hydroxylation is 1. The third-order valence-corrected chi connectivity index (χ3v) is 3.01. The van der Waals surface area contributed by atoms with Crippen molar-refractivity contribution in [3.05, 3.63) is 26.3 Å². The molecule has 0 aliphatic rings. The van der Waals surface area contributed by atoms with E-state index in [4.69, 9.17) is 5.11 Å². The second-order valence-corrected chi connectivity index (χ2v) is 3.55. The summed E-state index contributed by atoms with van der Waals surface area (Å²) in [6, 6.07) is 0. The monoisotopic (exact) mass is 246 g/mol. The Kier molecular flexibility index (Phi) is 3.22. The number of rotatable bonds is 2. The molecule has 1 rings (SSSR count). The minimum atomic E-state index is -0.313. The van der Waals surface area contributed by atoms with E-state index in [1.165, 1.54) is 4.57 Å². The lowest BCUT2D eigenvalue weighted by molar-refractivity contribution is 0.271. The quantitative estimate of drug-likeness (QED) is 0.833. The van der Waals surface area contributed by atoms with Crippen LogP contribution in [0.1, 0.15) is 11.4 Å². The van der Waals surface area contributed by atoms with Crippen molar-refractivity contribution in [2.24, 2.45) is 0 Å². The SMILES string of the molecule is Cc1nc(=O)n(CCO)c(C)c1Br. The standard InChI is InChI=1S/C8H11BrN2O2/c1-5-7(9)6(2)11(3-4-12)8(13)10-5/h12H,3-4H2,1-2H3. The van der Waals surface area contributed by atoms with Crippen molar-refractivity contribution in [2.45, 2.75) is 20.4 Å². The summed E-state index contributed by atoms with van der Waals surface area (Å²) < 4.78 is 2.26. The van der Waals surface area contributed by atoms with Gasteiger partial charge in [-0.2, -0.15) is 4.98 Å². The van der Waals surface area contributed by atoms with E-state index >= 15 is 0 Å². The van der Waals surface area contributed by atoms with Gasteiger partial charge in [-0.15, -0.1) is 0 Å². The molecule has 1 aromatic heterocycles. The van der Waals surface area contributed by atoms with Crippen LogP contribution >= 0.6 is 15.9 Å². The second kappa shape index (κ2) is 4.02. The maximum absolute atomic E-state index is 11.3. The van der Waals surface area contributed by atoms with E-state index in [1.54, 1.807) is 6.92 Å². The predicted octanol–water partition coefficient (Wildman–Crippen LogP) is 0.615. The molecule has 0 aliphatic carbocycles. The van der Waals surface area contributed by atoms with Gasteiger partial charge < -0.3 is 5.11 Å². The average molecular weight is 247 g/mol. The molecule has 4 nitrogen and oxygen atoms in total. The van der Waals surface area contributed by atoms with E-state index in [1.807, 2.05) is 6.92 Å². The van der Waals surface area contributed by atoms with Crippen molar-refractivity contribution in [3.63, 3.8) is 0 Å². The van der Waals surface area contributed by atoms with E-state index in [9.17, 15) is 4.79 Å². The minimum Gasteiger partial charge on any atom is -0.395 e. The molecule has 0 atom stereocenters. The summed E-state index contributed by atoms with van der Waals surface area (Å²) in [4.78, 5) is 15.1. The number of aliphatic hydroxyl groups is 1. The van der Waals surface area contributed by atoms with Crippen molar-refractivity contribution < 1.29 is 5.11 Å². The molecule has 0 saturated heterocycles. The molecule has 0 bridgehead atoms. The number of halogens is 1. The van der Waals surface area contributed by atoms with Crippen LogP contribution in [0.2, 0.25) is 0 Å². The van der Waals surface area contributed by atoms with E-state index in [-0.39, 0.29) is 18.8 Å². The third kappa shape index (κ3) is 1.97. The zero-order valence-electron chi connectivity index (χ0n) is 7.54. The van der Waals surface area contributed by atoms with Crippen LogP contribution in [0.25, 0.3) is 0 Å². The fourth-order valence-electron chi connectivity index (χ4n) is 1.14. The van der Waals surface area contributed by atoms with Gasteiger partial charge >= 0.3 is 5.69 Å². The molecule has 0 radical (unpaired) electrons. The first-order valence-corrected chi connectivity index (χ1v) is 4.71. The second-order valence-electron chi connectivity index (χ2n) is 2.75. The molecule has 0 fully saturated rings. The van der Waals surface area contributed by atoms with Gasteiger partial charge in [-0.1, -0.05) is 0 Å². The first kappa shape index (κ1) is 10.4. The molecule has 0 aliphatic heterocycles. The molecule has 5 heteroatoms. The topological polar surface area (TPSA) is 55.1 Å². The van der Waals surface area contributed by atoms with Gasteiger partial charge in [0.05, 0.1) is 23.3 Å². The summed E-state index contributed by atoms with van der Waals surface area (Å²) in [7, 11) is 0. The normalized spacial score (nSPS) is 10.5. The van der Waals surface area contributed by atoms with Gasteiger partial charge in [0, 0.05) is 5.69 Å². The summed E-state index contributed by atoms with van der Waals surface area (Å²) >= 11 is 3.33. The lowest BCUT2D eigenvalue weighted by atomic mass is 10.3. The van der Waals surface area contributed by atoms with E-state index in [2.05, 4.69) is 20.9 Å². The molecule has 1 N–H and O–H groups in total. The molecule has 1 heterocycles. The molecule has 0 saturated carbocycles. The highest BCUT2D eigenvalue weighted by atomic mass is 79.9. The van der Waals surface area contributed by atoms with Crippen LogP contribution in [0.15, 0.2) is 9.27 Å². The molecule has 0 amide bonds. The zero-order chi connectivity index (χ0) is 10.0. The van der Waals surface area contributed by atoms with Crippen LogP contribution in [-0.4, -0.2) is 21.3 Å². The van der Waals surface area contributed by atoms with Crippen LogP contribution in [0.4, 0.5) is 0 Å². The van der Waals surface area contributed by atoms with Gasteiger partial charge in [0.1, 0.15) is 0 Å². The first-order valence-electron chi connectivity index (χ1n) is 3.92. The Morgan fingerprint density at radius 1 is 1.54 bits per heavy atom. The number of nitrogens with zero attached hydrogens (tertiary/aromatic N) is 2. The lowest BCUT2D eigenvalue weighted by Gasteiger charge is -2.09. The van der Waals surface area contributed by atoms with Crippen LogP contribution in [-0.2, 0) is 6.54 Å². The largest absolute Gasteiger partial charge is 0.395 e. The molecule has 72 valence electrons. The smallest absolute Gasteiger partial charge is 0.348 e. The fourth-order valence-corrected chi connectivity index (χ4v) is 1.44. The van der Waals surface area contributed by atoms with Gasteiger partial charge in [-0.25, -0.2) is 4.79 Å². The zero-order valence-corrected chi connectivity index (χ0v) is 9.13. The molecular formula is C8H11BrN2O2. The molecule has 0 spiro atoms. The van der Waals surface area contributed by atoms with Crippen molar-refractivity contribution in [3.8, 4) is 0 Å². The number of hydrogen-bond acceptors (Lipinski definition) is 3. The Balaban J connectivity index is 3.35. The van der Waals surface area contributed by atoms with Crippen LogP contribution in [0.5, 0.6) is 0 Å². The minimum absolute atomic E-state index is 0.0576. The van der Waals surface area contributed by atoms with Gasteiger partial charge in [-0.3, -0.25) is 4.57 Å². The van der Waals surface area contributed by atoms with Gasteiger partial charge in [0.25, 0.3) is 0 Å². The maximum Gasteiger partial charge on any atom is 0.348 e. The molecule has 13 heavy (non-hydrogen) atoms. The van der Waals surface area contributed by atoms with E-state index < -0.39 is 0 Å². The van der Waals surface area contributed by atoms with Crippen LogP contribution < -0.4 is 5.69 Å². The Hall–Kier alpha value is -0.680. The van der Waals surface area contributed by atoms with Crippen LogP contribution in [0, 0.1) is 13.8 Å². The number of hydrogen-bond donors (Lipinski definition) is 1. The number of aromatic nitrogens is 2. The lowest BCUT2D eigenvalue weighted by Crippen LogP contribution is -2.27.